The van der Waals surface area contributed by atoms with Crippen molar-refractivity contribution in [3.05, 3.63) is 0 Å². The van der Waals surface area contributed by atoms with Gasteiger partial charge in [0.25, 0.3) is 6.43 Å². The summed E-state index contributed by atoms with van der Waals surface area (Å²) in [5.74, 6) is -0.272. The monoisotopic (exact) mass is 238 g/mol. The van der Waals surface area contributed by atoms with Crippen LogP contribution in [0.15, 0.2) is 0 Å². The molecule has 0 aromatic carbocycles. The van der Waals surface area contributed by atoms with Crippen LogP contribution in [-0.2, 0) is 9.53 Å². The van der Waals surface area contributed by atoms with Crippen molar-refractivity contribution in [3.63, 3.8) is 0 Å². The Bertz CT molecular complexity index is 203. The third kappa shape index (κ3) is 6.68. The molecule has 0 heterocycles. The standard InChI is InChI=1S/C10H20F2N2O2/c1-8(7-16-2)5-10(15)14(4-3-13)6-9(11)12/h8-9H,3-7,13H2,1-2H3. The van der Waals surface area contributed by atoms with Gasteiger partial charge in [-0.2, -0.15) is 0 Å². The van der Waals surface area contributed by atoms with E-state index >= 15 is 0 Å². The highest BCUT2D eigenvalue weighted by molar-refractivity contribution is 5.76. The van der Waals surface area contributed by atoms with Gasteiger partial charge in [-0.3, -0.25) is 4.79 Å². The predicted octanol–water partition coefficient (Wildman–Crippen LogP) is 0.711. The Balaban J connectivity index is 4.15. The lowest BCUT2D eigenvalue weighted by molar-refractivity contribution is -0.134. The number of halogens is 2. The summed E-state index contributed by atoms with van der Waals surface area (Å²) in [5, 5.41) is 0. The van der Waals surface area contributed by atoms with Crippen LogP contribution < -0.4 is 5.73 Å². The van der Waals surface area contributed by atoms with Crippen molar-refractivity contribution in [2.75, 3.05) is 33.4 Å². The Labute approximate surface area is 94.7 Å². The SMILES string of the molecule is COCC(C)CC(=O)N(CCN)CC(F)F. The molecule has 0 rings (SSSR count). The fourth-order valence-electron chi connectivity index (χ4n) is 1.41. The molecule has 0 aromatic rings. The molecule has 6 heteroatoms. The molecule has 0 bridgehead atoms. The molecule has 0 saturated carbocycles. The van der Waals surface area contributed by atoms with Gasteiger partial charge in [-0.25, -0.2) is 8.78 Å². The first-order chi connectivity index (χ1) is 7.51. The zero-order valence-corrected chi connectivity index (χ0v) is 9.79. The predicted molar refractivity (Wildman–Crippen MR) is 57.3 cm³/mol. The molecular formula is C10H20F2N2O2. The number of nitrogens with two attached hydrogens (primary N) is 1. The number of alkyl halides is 2. The van der Waals surface area contributed by atoms with Gasteiger partial charge in [0.05, 0.1) is 6.54 Å². The summed E-state index contributed by atoms with van der Waals surface area (Å²) in [7, 11) is 1.54. The fraction of sp³-hybridized carbons (Fsp3) is 0.900. The van der Waals surface area contributed by atoms with E-state index in [1.807, 2.05) is 6.92 Å². The number of nitrogens with zero attached hydrogens (tertiary/aromatic N) is 1. The van der Waals surface area contributed by atoms with Gasteiger partial charge in [-0.05, 0) is 5.92 Å². The lowest BCUT2D eigenvalue weighted by Gasteiger charge is -2.23. The number of amides is 1. The highest BCUT2D eigenvalue weighted by Crippen LogP contribution is 2.07. The first kappa shape index (κ1) is 15.2. The maximum atomic E-state index is 12.2. The lowest BCUT2D eigenvalue weighted by atomic mass is 10.1. The Kier molecular flexibility index (Phi) is 8.01. The molecule has 1 amide bonds. The molecule has 0 fully saturated rings. The summed E-state index contributed by atoms with van der Waals surface area (Å²) in [4.78, 5) is 12.7. The van der Waals surface area contributed by atoms with Crippen LogP contribution in [0.5, 0.6) is 0 Å². The third-order valence-corrected chi connectivity index (χ3v) is 2.08. The highest BCUT2D eigenvalue weighted by Gasteiger charge is 2.19. The van der Waals surface area contributed by atoms with Gasteiger partial charge >= 0.3 is 0 Å². The molecule has 1 atom stereocenters. The summed E-state index contributed by atoms with van der Waals surface area (Å²) in [6.45, 7) is 2.09. The quantitative estimate of drug-likeness (QED) is 0.677. The van der Waals surface area contributed by atoms with E-state index < -0.39 is 13.0 Å². The van der Waals surface area contributed by atoms with E-state index in [1.54, 1.807) is 0 Å². The lowest BCUT2D eigenvalue weighted by Crippen LogP contribution is -2.39. The Morgan fingerprint density at radius 2 is 2.12 bits per heavy atom. The second-order valence-electron chi connectivity index (χ2n) is 3.78. The van der Waals surface area contributed by atoms with Gasteiger partial charge in [-0.1, -0.05) is 6.92 Å². The summed E-state index contributed by atoms with van der Waals surface area (Å²) in [6, 6.07) is 0. The average molecular weight is 238 g/mol. The van der Waals surface area contributed by atoms with E-state index in [0.717, 1.165) is 4.90 Å². The minimum absolute atomic E-state index is 0.0236. The van der Waals surface area contributed by atoms with Crippen LogP contribution in [0.1, 0.15) is 13.3 Å². The van der Waals surface area contributed by atoms with E-state index in [0.29, 0.717) is 6.61 Å². The average Bonchev–Trinajstić information content (AvgIpc) is 2.16. The maximum Gasteiger partial charge on any atom is 0.255 e. The number of hydrogen-bond acceptors (Lipinski definition) is 3. The molecule has 0 aliphatic rings. The molecule has 0 radical (unpaired) electrons. The summed E-state index contributed by atoms with van der Waals surface area (Å²) in [5.41, 5.74) is 5.27. The number of ether oxygens (including phenoxy) is 1. The smallest absolute Gasteiger partial charge is 0.255 e. The number of rotatable bonds is 8. The van der Waals surface area contributed by atoms with Crippen molar-refractivity contribution < 1.29 is 18.3 Å². The molecule has 96 valence electrons. The number of carbonyl (C=O) groups is 1. The van der Waals surface area contributed by atoms with Crippen LogP contribution in [0.3, 0.4) is 0 Å². The molecule has 0 aliphatic heterocycles. The minimum atomic E-state index is -2.52. The minimum Gasteiger partial charge on any atom is -0.384 e. The van der Waals surface area contributed by atoms with Crippen LogP contribution in [0.25, 0.3) is 0 Å². The van der Waals surface area contributed by atoms with E-state index in [2.05, 4.69) is 0 Å². The van der Waals surface area contributed by atoms with Gasteiger partial charge in [0.1, 0.15) is 0 Å². The van der Waals surface area contributed by atoms with Crippen LogP contribution >= 0.6 is 0 Å². The van der Waals surface area contributed by atoms with Gasteiger partial charge < -0.3 is 15.4 Å². The van der Waals surface area contributed by atoms with Crippen LogP contribution in [0.4, 0.5) is 8.78 Å². The molecule has 0 spiro atoms. The second-order valence-corrected chi connectivity index (χ2v) is 3.78. The van der Waals surface area contributed by atoms with Crippen molar-refractivity contribution in [1.82, 2.24) is 4.90 Å². The number of hydrogen-bond donors (Lipinski definition) is 1. The third-order valence-electron chi connectivity index (χ3n) is 2.08. The van der Waals surface area contributed by atoms with Crippen molar-refractivity contribution in [1.29, 1.82) is 0 Å². The van der Waals surface area contributed by atoms with Gasteiger partial charge in [0.2, 0.25) is 5.91 Å². The Morgan fingerprint density at radius 1 is 1.50 bits per heavy atom. The molecule has 0 saturated heterocycles. The van der Waals surface area contributed by atoms with Crippen molar-refractivity contribution in [2.45, 2.75) is 19.8 Å². The normalized spacial score (nSPS) is 12.9. The molecule has 16 heavy (non-hydrogen) atoms. The fourth-order valence-corrected chi connectivity index (χ4v) is 1.41. The number of methoxy groups -OCH3 is 1. The van der Waals surface area contributed by atoms with Crippen LogP contribution in [-0.4, -0.2) is 50.6 Å². The van der Waals surface area contributed by atoms with Gasteiger partial charge in [-0.15, -0.1) is 0 Å². The first-order valence-corrected chi connectivity index (χ1v) is 5.26. The second kappa shape index (κ2) is 8.41. The summed E-state index contributed by atoms with van der Waals surface area (Å²) < 4.78 is 29.3. The van der Waals surface area contributed by atoms with E-state index in [9.17, 15) is 13.6 Å². The first-order valence-electron chi connectivity index (χ1n) is 5.26. The highest BCUT2D eigenvalue weighted by atomic mass is 19.3. The van der Waals surface area contributed by atoms with Crippen LogP contribution in [0.2, 0.25) is 0 Å². The zero-order valence-electron chi connectivity index (χ0n) is 9.79. The molecule has 0 aromatic heterocycles. The Hall–Kier alpha value is -0.750. The maximum absolute atomic E-state index is 12.2. The van der Waals surface area contributed by atoms with Crippen molar-refractivity contribution in [2.24, 2.45) is 11.7 Å². The number of carbonyl (C=O) groups excluding carboxylic acids is 1. The summed E-state index contributed by atoms with van der Waals surface area (Å²) in [6.07, 6.45) is -2.31. The molecule has 4 nitrogen and oxygen atoms in total. The largest absolute Gasteiger partial charge is 0.384 e. The topological polar surface area (TPSA) is 55.6 Å². The molecule has 0 aliphatic carbocycles. The Morgan fingerprint density at radius 3 is 2.56 bits per heavy atom. The summed E-state index contributed by atoms with van der Waals surface area (Å²) >= 11 is 0. The van der Waals surface area contributed by atoms with Crippen molar-refractivity contribution >= 4 is 5.91 Å². The molecular weight excluding hydrogens is 218 g/mol. The van der Waals surface area contributed by atoms with Crippen LogP contribution in [0, 0.1) is 5.92 Å². The molecule has 2 N–H and O–H groups in total. The van der Waals surface area contributed by atoms with E-state index in [-0.39, 0.29) is 31.3 Å². The van der Waals surface area contributed by atoms with Gasteiger partial charge in [0.15, 0.2) is 0 Å². The van der Waals surface area contributed by atoms with E-state index in [4.69, 9.17) is 10.5 Å². The van der Waals surface area contributed by atoms with Crippen molar-refractivity contribution in [3.8, 4) is 0 Å². The van der Waals surface area contributed by atoms with E-state index in [1.165, 1.54) is 7.11 Å². The molecule has 1 unspecified atom stereocenters. The van der Waals surface area contributed by atoms with Gasteiger partial charge in [0, 0.05) is 33.2 Å². The zero-order chi connectivity index (χ0) is 12.6.